The SMILES string of the molecule is CCN=C(CC)CC. The van der Waals surface area contributed by atoms with E-state index in [-0.39, 0.29) is 0 Å². The topological polar surface area (TPSA) is 12.4 Å². The van der Waals surface area contributed by atoms with Crippen LogP contribution in [0.3, 0.4) is 0 Å². The number of hydrogen-bond acceptors (Lipinski definition) is 1. The van der Waals surface area contributed by atoms with Crippen molar-refractivity contribution in [3.8, 4) is 0 Å². The summed E-state index contributed by atoms with van der Waals surface area (Å²) in [5.74, 6) is 0. The van der Waals surface area contributed by atoms with E-state index in [0.29, 0.717) is 0 Å². The third-order valence-corrected chi connectivity index (χ3v) is 1.20. The zero-order valence-electron chi connectivity index (χ0n) is 6.07. The molecule has 8 heavy (non-hydrogen) atoms. The van der Waals surface area contributed by atoms with E-state index in [1.165, 1.54) is 5.71 Å². The quantitative estimate of drug-likeness (QED) is 0.498. The van der Waals surface area contributed by atoms with Gasteiger partial charge in [0.2, 0.25) is 0 Å². The van der Waals surface area contributed by atoms with Crippen molar-refractivity contribution in [1.82, 2.24) is 0 Å². The van der Waals surface area contributed by atoms with Gasteiger partial charge in [-0.15, -0.1) is 0 Å². The minimum Gasteiger partial charge on any atom is -0.294 e. The highest BCUT2D eigenvalue weighted by molar-refractivity contribution is 5.83. The first-order valence-electron chi connectivity index (χ1n) is 3.37. The molecule has 48 valence electrons. The lowest BCUT2D eigenvalue weighted by Gasteiger charge is -1.94. The maximum Gasteiger partial charge on any atom is 0.0360 e. The highest BCUT2D eigenvalue weighted by Gasteiger charge is 1.86. The Labute approximate surface area is 51.8 Å². The molecule has 0 aliphatic carbocycles. The minimum absolute atomic E-state index is 0.941. The largest absolute Gasteiger partial charge is 0.294 e. The summed E-state index contributed by atoms with van der Waals surface area (Å²) in [5, 5.41) is 0. The van der Waals surface area contributed by atoms with Crippen LogP contribution in [-0.2, 0) is 0 Å². The molecule has 0 saturated carbocycles. The Balaban J connectivity index is 3.49. The highest BCUT2D eigenvalue weighted by Crippen LogP contribution is 1.90. The molecule has 0 aliphatic rings. The minimum atomic E-state index is 0.941. The first-order valence-corrected chi connectivity index (χ1v) is 3.37. The predicted octanol–water partition coefficient (Wildman–Crippen LogP) is 2.27. The third kappa shape index (κ3) is 2.78. The van der Waals surface area contributed by atoms with Crippen LogP contribution in [-0.4, -0.2) is 12.3 Å². The summed E-state index contributed by atoms with van der Waals surface area (Å²) in [4.78, 5) is 4.28. The van der Waals surface area contributed by atoms with E-state index in [0.717, 1.165) is 19.4 Å². The lowest BCUT2D eigenvalue weighted by atomic mass is 10.2. The second-order valence-electron chi connectivity index (χ2n) is 1.75. The van der Waals surface area contributed by atoms with Crippen LogP contribution in [0, 0.1) is 0 Å². The van der Waals surface area contributed by atoms with Crippen LogP contribution in [0.1, 0.15) is 33.6 Å². The van der Waals surface area contributed by atoms with Crippen molar-refractivity contribution in [2.24, 2.45) is 4.99 Å². The van der Waals surface area contributed by atoms with Gasteiger partial charge in [-0.1, -0.05) is 13.8 Å². The van der Waals surface area contributed by atoms with Crippen LogP contribution < -0.4 is 0 Å². The van der Waals surface area contributed by atoms with Crippen molar-refractivity contribution < 1.29 is 0 Å². The normalized spacial score (nSPS) is 8.88. The average Bonchev–Trinajstić information content (AvgIpc) is 1.83. The lowest BCUT2D eigenvalue weighted by molar-refractivity contribution is 1.06. The maximum atomic E-state index is 4.28. The summed E-state index contributed by atoms with van der Waals surface area (Å²) in [6.07, 6.45) is 2.23. The van der Waals surface area contributed by atoms with Crippen molar-refractivity contribution in [1.29, 1.82) is 0 Å². The first kappa shape index (κ1) is 7.67. The Bertz CT molecular complexity index is 68.5. The molecule has 0 spiro atoms. The second kappa shape index (κ2) is 4.82. The first-order chi connectivity index (χ1) is 3.85. The average molecular weight is 113 g/mol. The molecule has 0 unspecified atom stereocenters. The number of hydrogen-bond donors (Lipinski definition) is 0. The van der Waals surface area contributed by atoms with Gasteiger partial charge in [-0.05, 0) is 19.8 Å². The summed E-state index contributed by atoms with van der Waals surface area (Å²) in [5.41, 5.74) is 1.34. The molecule has 0 aliphatic heterocycles. The Morgan fingerprint density at radius 1 is 1.12 bits per heavy atom. The molecule has 0 saturated heterocycles. The zero-order valence-corrected chi connectivity index (χ0v) is 6.07. The third-order valence-electron chi connectivity index (χ3n) is 1.20. The van der Waals surface area contributed by atoms with E-state index in [1.807, 2.05) is 0 Å². The van der Waals surface area contributed by atoms with E-state index in [2.05, 4.69) is 25.8 Å². The van der Waals surface area contributed by atoms with Crippen molar-refractivity contribution in [2.45, 2.75) is 33.6 Å². The number of rotatable bonds is 3. The Morgan fingerprint density at radius 3 is 1.75 bits per heavy atom. The molecular formula is C7H15N. The molecule has 0 amide bonds. The molecule has 0 radical (unpaired) electrons. The summed E-state index contributed by atoms with van der Waals surface area (Å²) in [6.45, 7) is 7.32. The van der Waals surface area contributed by atoms with Crippen molar-refractivity contribution in [2.75, 3.05) is 6.54 Å². The van der Waals surface area contributed by atoms with Gasteiger partial charge in [0.25, 0.3) is 0 Å². The molecule has 0 aromatic heterocycles. The van der Waals surface area contributed by atoms with Gasteiger partial charge in [-0.3, -0.25) is 4.99 Å². The van der Waals surface area contributed by atoms with Gasteiger partial charge >= 0.3 is 0 Å². The Kier molecular flexibility index (Phi) is 4.62. The molecule has 1 heteroatoms. The Morgan fingerprint density at radius 2 is 1.62 bits per heavy atom. The summed E-state index contributed by atoms with van der Waals surface area (Å²) >= 11 is 0. The monoisotopic (exact) mass is 113 g/mol. The number of nitrogens with zero attached hydrogens (tertiary/aromatic N) is 1. The fourth-order valence-electron chi connectivity index (χ4n) is 0.697. The van der Waals surface area contributed by atoms with E-state index >= 15 is 0 Å². The van der Waals surface area contributed by atoms with Gasteiger partial charge in [0.1, 0.15) is 0 Å². The predicted molar refractivity (Wildman–Crippen MR) is 38.6 cm³/mol. The van der Waals surface area contributed by atoms with Gasteiger partial charge in [0.05, 0.1) is 0 Å². The van der Waals surface area contributed by atoms with Crippen LogP contribution in [0.4, 0.5) is 0 Å². The van der Waals surface area contributed by atoms with Crippen molar-refractivity contribution >= 4 is 5.71 Å². The fourth-order valence-corrected chi connectivity index (χ4v) is 0.697. The molecule has 0 bridgehead atoms. The van der Waals surface area contributed by atoms with E-state index in [1.54, 1.807) is 0 Å². The molecule has 1 nitrogen and oxygen atoms in total. The Hall–Kier alpha value is -0.330. The molecule has 0 heterocycles. The van der Waals surface area contributed by atoms with Crippen LogP contribution in [0.5, 0.6) is 0 Å². The molecule has 0 N–H and O–H groups in total. The molecule has 0 aromatic carbocycles. The van der Waals surface area contributed by atoms with E-state index in [9.17, 15) is 0 Å². The second-order valence-corrected chi connectivity index (χ2v) is 1.75. The van der Waals surface area contributed by atoms with Crippen LogP contribution in [0.15, 0.2) is 4.99 Å². The summed E-state index contributed by atoms with van der Waals surface area (Å²) < 4.78 is 0. The van der Waals surface area contributed by atoms with Crippen LogP contribution >= 0.6 is 0 Å². The lowest BCUT2D eigenvalue weighted by Crippen LogP contribution is -1.92. The van der Waals surface area contributed by atoms with E-state index in [4.69, 9.17) is 0 Å². The molecule has 0 aromatic rings. The van der Waals surface area contributed by atoms with Crippen molar-refractivity contribution in [3.63, 3.8) is 0 Å². The van der Waals surface area contributed by atoms with Crippen molar-refractivity contribution in [3.05, 3.63) is 0 Å². The zero-order chi connectivity index (χ0) is 6.41. The van der Waals surface area contributed by atoms with Gasteiger partial charge in [0, 0.05) is 12.3 Å². The van der Waals surface area contributed by atoms with Gasteiger partial charge in [0.15, 0.2) is 0 Å². The van der Waals surface area contributed by atoms with E-state index < -0.39 is 0 Å². The maximum absolute atomic E-state index is 4.28. The summed E-state index contributed by atoms with van der Waals surface area (Å²) in [7, 11) is 0. The molecule has 0 rings (SSSR count). The van der Waals surface area contributed by atoms with Gasteiger partial charge < -0.3 is 0 Å². The number of aliphatic imine (C=N–C) groups is 1. The smallest absolute Gasteiger partial charge is 0.0360 e. The molecule has 0 atom stereocenters. The molecular weight excluding hydrogens is 98.1 g/mol. The standard InChI is InChI=1S/C7H15N/c1-4-7(5-2)8-6-3/h4-6H2,1-3H3. The van der Waals surface area contributed by atoms with Crippen LogP contribution in [0.2, 0.25) is 0 Å². The fraction of sp³-hybridized carbons (Fsp3) is 0.857. The van der Waals surface area contributed by atoms with Gasteiger partial charge in [-0.25, -0.2) is 0 Å². The van der Waals surface area contributed by atoms with Crippen LogP contribution in [0.25, 0.3) is 0 Å². The van der Waals surface area contributed by atoms with Gasteiger partial charge in [-0.2, -0.15) is 0 Å². The summed E-state index contributed by atoms with van der Waals surface area (Å²) in [6, 6.07) is 0. The highest BCUT2D eigenvalue weighted by atomic mass is 14.7. The molecule has 0 fully saturated rings.